The number of nitrogens with two attached hydrogens (primary N) is 1. The Bertz CT molecular complexity index is 648. The molecule has 2 rings (SSSR count). The fourth-order valence-electron chi connectivity index (χ4n) is 5.02. The molecular weight excluding hydrogens is 420 g/mol. The van der Waals surface area contributed by atoms with Crippen LogP contribution in [0.25, 0.3) is 0 Å². The van der Waals surface area contributed by atoms with Crippen molar-refractivity contribution in [1.82, 2.24) is 16.0 Å². The number of rotatable bonds is 15. The molecule has 0 aromatic rings. The maximum Gasteiger partial charge on any atom is 0.246 e. The topological polar surface area (TPSA) is 134 Å². The van der Waals surface area contributed by atoms with Gasteiger partial charge in [0.05, 0.1) is 12.0 Å². The molecule has 33 heavy (non-hydrogen) atoms. The van der Waals surface area contributed by atoms with Crippen molar-refractivity contribution in [1.29, 1.82) is 0 Å². The van der Waals surface area contributed by atoms with E-state index in [4.69, 9.17) is 5.73 Å². The summed E-state index contributed by atoms with van der Waals surface area (Å²) in [5, 5.41) is 19.2. The summed E-state index contributed by atoms with van der Waals surface area (Å²) in [7, 11) is 0. The lowest BCUT2D eigenvalue weighted by molar-refractivity contribution is -0.136. The van der Waals surface area contributed by atoms with E-state index in [0.29, 0.717) is 32.0 Å². The van der Waals surface area contributed by atoms with Crippen molar-refractivity contribution < 1.29 is 19.5 Å². The van der Waals surface area contributed by atoms with E-state index in [2.05, 4.69) is 22.9 Å². The molecule has 2 aliphatic rings. The summed E-state index contributed by atoms with van der Waals surface area (Å²) in [6.07, 6.45) is 10.2. The molecule has 1 aliphatic heterocycles. The highest BCUT2D eigenvalue weighted by Crippen LogP contribution is 2.44. The van der Waals surface area contributed by atoms with Crippen molar-refractivity contribution >= 4 is 17.6 Å². The molecule has 2 fully saturated rings. The predicted molar refractivity (Wildman–Crippen MR) is 129 cm³/mol. The lowest BCUT2D eigenvalue weighted by Gasteiger charge is -2.31. The Labute approximate surface area is 199 Å². The van der Waals surface area contributed by atoms with E-state index in [0.717, 1.165) is 19.3 Å². The van der Waals surface area contributed by atoms with E-state index in [1.54, 1.807) is 6.92 Å². The summed E-state index contributed by atoms with van der Waals surface area (Å²) in [5.41, 5.74) is 4.78. The van der Waals surface area contributed by atoms with Gasteiger partial charge >= 0.3 is 0 Å². The third-order valence-corrected chi connectivity index (χ3v) is 7.41. The zero-order chi connectivity index (χ0) is 24.4. The van der Waals surface area contributed by atoms with Crippen LogP contribution >= 0.6 is 0 Å². The molecule has 2 amide bonds. The van der Waals surface area contributed by atoms with Gasteiger partial charge in [-0.05, 0) is 39.2 Å². The van der Waals surface area contributed by atoms with Crippen LogP contribution in [0.15, 0.2) is 0 Å². The minimum Gasteiger partial charge on any atom is -0.391 e. The van der Waals surface area contributed by atoms with E-state index < -0.39 is 23.6 Å². The maximum absolute atomic E-state index is 12.9. The van der Waals surface area contributed by atoms with Gasteiger partial charge in [0.25, 0.3) is 0 Å². The fourth-order valence-corrected chi connectivity index (χ4v) is 5.02. The highest BCUT2D eigenvalue weighted by Gasteiger charge is 2.59. The van der Waals surface area contributed by atoms with Crippen molar-refractivity contribution in [2.45, 2.75) is 115 Å². The first kappa shape index (κ1) is 27.7. The second-order valence-corrected chi connectivity index (χ2v) is 10.0. The smallest absolute Gasteiger partial charge is 0.246 e. The standard InChI is InChI=1S/C25H46N4O4/c1-4-6-7-8-9-10-11-20-13-12-18(16-27-20)23(32)28-22(17(3)30)24(33)29-25(21(31)5-2)14-19(25)15-26/h17-20,22,27,30H,4-16,26H2,1-3H3,(H,28,32)(H,29,33)/t17-,18?,19?,20?,22-,25?/m0/s1. The Balaban J connectivity index is 1.80. The molecule has 1 heterocycles. The molecule has 4 unspecified atom stereocenters. The van der Waals surface area contributed by atoms with Crippen LogP contribution in [0.2, 0.25) is 0 Å². The number of unbranched alkanes of at least 4 members (excludes halogenated alkanes) is 5. The van der Waals surface area contributed by atoms with E-state index in [1.807, 2.05) is 0 Å². The van der Waals surface area contributed by atoms with Crippen molar-refractivity contribution in [2.24, 2.45) is 17.6 Å². The summed E-state index contributed by atoms with van der Waals surface area (Å²) < 4.78 is 0. The zero-order valence-electron chi connectivity index (χ0n) is 20.8. The molecule has 0 bridgehead atoms. The van der Waals surface area contributed by atoms with Crippen molar-refractivity contribution in [3.05, 3.63) is 0 Å². The quantitative estimate of drug-likeness (QED) is 0.234. The monoisotopic (exact) mass is 466 g/mol. The number of aliphatic hydroxyl groups excluding tert-OH is 1. The van der Waals surface area contributed by atoms with Crippen molar-refractivity contribution in [3.63, 3.8) is 0 Å². The first-order valence-corrected chi connectivity index (χ1v) is 13.1. The maximum atomic E-state index is 12.9. The second kappa shape index (κ2) is 13.4. The molecule has 6 N–H and O–H groups in total. The summed E-state index contributed by atoms with van der Waals surface area (Å²) in [6, 6.07) is -0.655. The van der Waals surface area contributed by atoms with Crippen molar-refractivity contribution in [3.8, 4) is 0 Å². The molecule has 0 spiro atoms. The zero-order valence-corrected chi connectivity index (χ0v) is 20.8. The van der Waals surface area contributed by atoms with Gasteiger partial charge in [0.15, 0.2) is 5.78 Å². The number of carbonyl (C=O) groups is 3. The second-order valence-electron chi connectivity index (χ2n) is 10.0. The van der Waals surface area contributed by atoms with Gasteiger partial charge in [-0.3, -0.25) is 14.4 Å². The third-order valence-electron chi connectivity index (χ3n) is 7.41. The van der Waals surface area contributed by atoms with Crippen LogP contribution in [0.3, 0.4) is 0 Å². The third kappa shape index (κ3) is 7.76. The molecular formula is C25H46N4O4. The summed E-state index contributed by atoms with van der Waals surface area (Å²) in [5.74, 6) is -1.14. The minimum absolute atomic E-state index is 0.0603. The summed E-state index contributed by atoms with van der Waals surface area (Å²) in [4.78, 5) is 38.2. The van der Waals surface area contributed by atoms with Gasteiger partial charge in [-0.15, -0.1) is 0 Å². The number of hydrogen-bond acceptors (Lipinski definition) is 6. The average Bonchev–Trinajstić information content (AvgIpc) is 3.53. The Morgan fingerprint density at radius 2 is 1.82 bits per heavy atom. The molecule has 1 saturated carbocycles. The molecule has 0 aromatic heterocycles. The van der Waals surface area contributed by atoms with Crippen LogP contribution in [0.4, 0.5) is 0 Å². The predicted octanol–water partition coefficient (Wildman–Crippen LogP) is 1.78. The van der Waals surface area contributed by atoms with E-state index in [1.165, 1.54) is 45.4 Å². The van der Waals surface area contributed by atoms with Crippen LogP contribution in [0.5, 0.6) is 0 Å². The largest absolute Gasteiger partial charge is 0.391 e. The molecule has 190 valence electrons. The highest BCUT2D eigenvalue weighted by atomic mass is 16.3. The minimum atomic E-state index is -1.10. The first-order chi connectivity index (χ1) is 15.8. The van der Waals surface area contributed by atoms with Crippen molar-refractivity contribution in [2.75, 3.05) is 13.1 Å². The van der Waals surface area contributed by atoms with Gasteiger partial charge < -0.3 is 26.8 Å². The number of Topliss-reactive ketones (excluding diaryl/α,β-unsaturated/α-hetero) is 1. The van der Waals surface area contributed by atoms with Crippen LogP contribution in [-0.2, 0) is 14.4 Å². The number of amides is 2. The van der Waals surface area contributed by atoms with Gasteiger partial charge in [-0.2, -0.15) is 0 Å². The molecule has 8 heteroatoms. The number of piperidine rings is 1. The fraction of sp³-hybridized carbons (Fsp3) is 0.880. The molecule has 0 radical (unpaired) electrons. The van der Waals surface area contributed by atoms with Crippen LogP contribution in [0.1, 0.15) is 91.4 Å². The lowest BCUT2D eigenvalue weighted by atomic mass is 9.91. The molecule has 1 aliphatic carbocycles. The first-order valence-electron chi connectivity index (χ1n) is 13.1. The molecule has 8 nitrogen and oxygen atoms in total. The SMILES string of the molecule is CCCCCCCCC1CCC(C(=O)N[C@H](C(=O)NC2(C(=O)CC)CC2CN)[C@H](C)O)CN1. The number of ketones is 1. The Kier molecular flexibility index (Phi) is 11.3. The van der Waals surface area contributed by atoms with Gasteiger partial charge in [0.1, 0.15) is 11.6 Å². The number of hydrogen-bond donors (Lipinski definition) is 5. The van der Waals surface area contributed by atoms with Gasteiger partial charge in [-0.25, -0.2) is 0 Å². The molecule has 6 atom stereocenters. The lowest BCUT2D eigenvalue weighted by Crippen LogP contribution is -2.59. The van der Waals surface area contributed by atoms with Gasteiger partial charge in [-0.1, -0.05) is 52.4 Å². The van der Waals surface area contributed by atoms with Crippen LogP contribution in [-0.4, -0.2) is 59.5 Å². The average molecular weight is 467 g/mol. The normalized spacial score (nSPS) is 28.6. The molecule has 0 aromatic carbocycles. The number of aliphatic hydroxyl groups is 1. The molecule has 1 saturated heterocycles. The van der Waals surface area contributed by atoms with Crippen LogP contribution < -0.4 is 21.7 Å². The highest BCUT2D eigenvalue weighted by molar-refractivity contribution is 5.98. The number of carbonyl (C=O) groups excluding carboxylic acids is 3. The van der Waals surface area contributed by atoms with E-state index in [9.17, 15) is 19.5 Å². The van der Waals surface area contributed by atoms with Gasteiger partial charge in [0.2, 0.25) is 11.8 Å². The van der Waals surface area contributed by atoms with E-state index >= 15 is 0 Å². The summed E-state index contributed by atoms with van der Waals surface area (Å²) >= 11 is 0. The Morgan fingerprint density at radius 3 is 2.36 bits per heavy atom. The Hall–Kier alpha value is -1.51. The summed E-state index contributed by atoms with van der Waals surface area (Å²) in [6.45, 7) is 6.34. The Morgan fingerprint density at radius 1 is 1.12 bits per heavy atom. The van der Waals surface area contributed by atoms with Gasteiger partial charge in [0, 0.05) is 24.9 Å². The van der Waals surface area contributed by atoms with Crippen LogP contribution in [0, 0.1) is 11.8 Å². The number of nitrogens with one attached hydrogen (secondary N) is 3. The van der Waals surface area contributed by atoms with E-state index in [-0.39, 0.29) is 23.5 Å².